The molecule has 0 spiro atoms. The van der Waals surface area contributed by atoms with Gasteiger partial charge in [0.1, 0.15) is 11.3 Å². The van der Waals surface area contributed by atoms with Gasteiger partial charge in [-0.25, -0.2) is 0 Å². The number of nitrogens with two attached hydrogens (primary N) is 1. The summed E-state index contributed by atoms with van der Waals surface area (Å²) in [6.07, 6.45) is 2.54. The summed E-state index contributed by atoms with van der Waals surface area (Å²) in [5.74, 6) is 2.66. The molecule has 0 saturated carbocycles. The smallest absolute Gasteiger partial charge is 0.134 e. The molecule has 21 heavy (non-hydrogen) atoms. The van der Waals surface area contributed by atoms with Gasteiger partial charge in [0, 0.05) is 11.9 Å². The molecule has 1 aliphatic rings. The van der Waals surface area contributed by atoms with Crippen LogP contribution in [0.5, 0.6) is 0 Å². The standard InChI is InChI=1S/C18H26N2O/c1-13(2)14-7-9-20(10-8-14)16(12-19)18-11-15-5-3-4-6-17(15)21-18/h3-6,11,13-14,16H,7-10,12,19H2,1-2H3. The third-order valence-corrected chi connectivity index (χ3v) is 4.95. The molecule has 1 unspecified atom stereocenters. The van der Waals surface area contributed by atoms with Crippen LogP contribution in [0.1, 0.15) is 38.5 Å². The third kappa shape index (κ3) is 2.99. The lowest BCUT2D eigenvalue weighted by molar-refractivity contribution is 0.107. The molecular weight excluding hydrogens is 260 g/mol. The van der Waals surface area contributed by atoms with Crippen LogP contribution in [0.3, 0.4) is 0 Å². The first-order valence-corrected chi connectivity index (χ1v) is 8.11. The molecule has 0 radical (unpaired) electrons. The lowest BCUT2D eigenvalue weighted by Gasteiger charge is -2.37. The molecule has 1 aromatic heterocycles. The zero-order valence-corrected chi connectivity index (χ0v) is 13.1. The predicted molar refractivity (Wildman–Crippen MR) is 87.1 cm³/mol. The Kier molecular flexibility index (Phi) is 4.32. The average Bonchev–Trinajstić information content (AvgIpc) is 2.92. The van der Waals surface area contributed by atoms with E-state index in [4.69, 9.17) is 10.2 Å². The molecule has 1 aliphatic heterocycles. The number of hydrogen-bond donors (Lipinski definition) is 1. The first-order chi connectivity index (χ1) is 10.2. The van der Waals surface area contributed by atoms with Gasteiger partial charge in [-0.3, -0.25) is 4.90 Å². The Morgan fingerprint density at radius 3 is 2.57 bits per heavy atom. The Labute approximate surface area is 127 Å². The Morgan fingerprint density at radius 2 is 1.95 bits per heavy atom. The van der Waals surface area contributed by atoms with Crippen LogP contribution in [0.4, 0.5) is 0 Å². The van der Waals surface area contributed by atoms with E-state index >= 15 is 0 Å². The summed E-state index contributed by atoms with van der Waals surface area (Å²) in [6.45, 7) is 7.54. The topological polar surface area (TPSA) is 42.4 Å². The van der Waals surface area contributed by atoms with Gasteiger partial charge in [-0.15, -0.1) is 0 Å². The van der Waals surface area contributed by atoms with E-state index in [1.165, 1.54) is 18.2 Å². The number of nitrogens with zero attached hydrogens (tertiary/aromatic N) is 1. The summed E-state index contributed by atoms with van der Waals surface area (Å²) in [7, 11) is 0. The van der Waals surface area contributed by atoms with Crippen molar-refractivity contribution in [3.63, 3.8) is 0 Å². The third-order valence-electron chi connectivity index (χ3n) is 4.95. The molecule has 2 heterocycles. The normalized spacial score (nSPS) is 19.4. The van der Waals surface area contributed by atoms with E-state index in [1.807, 2.05) is 18.2 Å². The molecule has 0 aliphatic carbocycles. The number of furan rings is 1. The Balaban J connectivity index is 1.76. The largest absolute Gasteiger partial charge is 0.459 e. The molecular formula is C18H26N2O. The van der Waals surface area contributed by atoms with Crippen molar-refractivity contribution in [3.05, 3.63) is 36.1 Å². The molecule has 114 valence electrons. The molecule has 1 atom stereocenters. The zero-order valence-electron chi connectivity index (χ0n) is 13.1. The molecule has 1 fully saturated rings. The summed E-state index contributed by atoms with van der Waals surface area (Å²) in [4.78, 5) is 2.50. The van der Waals surface area contributed by atoms with E-state index < -0.39 is 0 Å². The van der Waals surface area contributed by atoms with Gasteiger partial charge in [0.05, 0.1) is 6.04 Å². The van der Waals surface area contributed by atoms with Crippen LogP contribution in [-0.2, 0) is 0 Å². The molecule has 2 N–H and O–H groups in total. The fourth-order valence-electron chi connectivity index (χ4n) is 3.51. The number of benzene rings is 1. The number of hydrogen-bond acceptors (Lipinski definition) is 3. The highest BCUT2D eigenvalue weighted by Gasteiger charge is 2.28. The van der Waals surface area contributed by atoms with Crippen molar-refractivity contribution in [3.8, 4) is 0 Å². The van der Waals surface area contributed by atoms with Crippen molar-refractivity contribution in [1.29, 1.82) is 0 Å². The maximum absolute atomic E-state index is 6.05. The van der Waals surface area contributed by atoms with Gasteiger partial charge in [-0.1, -0.05) is 32.0 Å². The number of fused-ring (bicyclic) bond motifs is 1. The monoisotopic (exact) mass is 286 g/mol. The summed E-state index contributed by atoms with van der Waals surface area (Å²) < 4.78 is 6.03. The molecule has 2 aromatic rings. The van der Waals surface area contributed by atoms with Crippen LogP contribution in [0.25, 0.3) is 11.0 Å². The first kappa shape index (κ1) is 14.6. The van der Waals surface area contributed by atoms with Crippen molar-refractivity contribution >= 4 is 11.0 Å². The Morgan fingerprint density at radius 1 is 1.24 bits per heavy atom. The lowest BCUT2D eigenvalue weighted by atomic mass is 9.86. The van der Waals surface area contributed by atoms with E-state index in [2.05, 4.69) is 30.9 Å². The molecule has 3 rings (SSSR count). The van der Waals surface area contributed by atoms with Crippen molar-refractivity contribution in [2.24, 2.45) is 17.6 Å². The van der Waals surface area contributed by atoms with Gasteiger partial charge in [0.25, 0.3) is 0 Å². The summed E-state index contributed by atoms with van der Waals surface area (Å²) in [5.41, 5.74) is 7.01. The van der Waals surface area contributed by atoms with Gasteiger partial charge in [0.2, 0.25) is 0 Å². The summed E-state index contributed by atoms with van der Waals surface area (Å²) >= 11 is 0. The quantitative estimate of drug-likeness (QED) is 0.929. The maximum Gasteiger partial charge on any atom is 0.134 e. The van der Waals surface area contributed by atoms with Crippen LogP contribution in [-0.4, -0.2) is 24.5 Å². The fraction of sp³-hybridized carbons (Fsp3) is 0.556. The van der Waals surface area contributed by atoms with Crippen LogP contribution < -0.4 is 5.73 Å². The van der Waals surface area contributed by atoms with Crippen molar-refractivity contribution in [2.45, 2.75) is 32.7 Å². The number of likely N-dealkylation sites (tertiary alicyclic amines) is 1. The van der Waals surface area contributed by atoms with Crippen molar-refractivity contribution in [1.82, 2.24) is 4.90 Å². The fourth-order valence-corrected chi connectivity index (χ4v) is 3.51. The van der Waals surface area contributed by atoms with Crippen LogP contribution >= 0.6 is 0 Å². The molecule has 3 nitrogen and oxygen atoms in total. The van der Waals surface area contributed by atoms with E-state index in [0.717, 1.165) is 36.3 Å². The van der Waals surface area contributed by atoms with Gasteiger partial charge in [-0.05, 0) is 49.9 Å². The van der Waals surface area contributed by atoms with Crippen LogP contribution in [0, 0.1) is 11.8 Å². The first-order valence-electron chi connectivity index (χ1n) is 8.11. The molecule has 1 saturated heterocycles. The number of rotatable bonds is 4. The molecule has 1 aromatic carbocycles. The van der Waals surface area contributed by atoms with Crippen LogP contribution in [0.15, 0.2) is 34.7 Å². The number of para-hydroxylation sites is 1. The van der Waals surface area contributed by atoms with Gasteiger partial charge in [0.15, 0.2) is 0 Å². The van der Waals surface area contributed by atoms with Crippen LogP contribution in [0.2, 0.25) is 0 Å². The minimum atomic E-state index is 0.213. The second-order valence-corrected chi connectivity index (χ2v) is 6.56. The highest BCUT2D eigenvalue weighted by atomic mass is 16.3. The number of piperidine rings is 1. The second kappa shape index (κ2) is 6.20. The van der Waals surface area contributed by atoms with E-state index in [0.29, 0.717) is 6.54 Å². The highest BCUT2D eigenvalue weighted by Crippen LogP contribution is 2.32. The second-order valence-electron chi connectivity index (χ2n) is 6.56. The van der Waals surface area contributed by atoms with E-state index in [-0.39, 0.29) is 6.04 Å². The summed E-state index contributed by atoms with van der Waals surface area (Å²) in [5, 5.41) is 1.17. The molecule has 3 heteroatoms. The highest BCUT2D eigenvalue weighted by molar-refractivity contribution is 5.77. The van der Waals surface area contributed by atoms with Crippen molar-refractivity contribution < 1.29 is 4.42 Å². The molecule has 0 bridgehead atoms. The zero-order chi connectivity index (χ0) is 14.8. The lowest BCUT2D eigenvalue weighted by Crippen LogP contribution is -2.40. The SMILES string of the molecule is CC(C)C1CCN(C(CN)c2cc3ccccc3o2)CC1. The summed E-state index contributed by atoms with van der Waals surface area (Å²) in [6, 6.07) is 10.6. The molecule has 0 amide bonds. The minimum absolute atomic E-state index is 0.213. The van der Waals surface area contributed by atoms with Gasteiger partial charge < -0.3 is 10.2 Å². The Hall–Kier alpha value is -1.32. The van der Waals surface area contributed by atoms with Gasteiger partial charge >= 0.3 is 0 Å². The Bertz CT molecular complexity index is 549. The van der Waals surface area contributed by atoms with Gasteiger partial charge in [-0.2, -0.15) is 0 Å². The average molecular weight is 286 g/mol. The predicted octanol–water partition coefficient (Wildman–Crippen LogP) is 3.80. The van der Waals surface area contributed by atoms with E-state index in [1.54, 1.807) is 0 Å². The maximum atomic E-state index is 6.05. The van der Waals surface area contributed by atoms with E-state index in [9.17, 15) is 0 Å². The van der Waals surface area contributed by atoms with Crippen molar-refractivity contribution in [2.75, 3.05) is 19.6 Å². The minimum Gasteiger partial charge on any atom is -0.459 e.